The molecule has 1 aliphatic heterocycles. The molecule has 0 unspecified atom stereocenters. The number of hydrogen-bond donors (Lipinski definition) is 1. The monoisotopic (exact) mass is 362 g/mol. The molecule has 1 aliphatic carbocycles. The predicted octanol–water partition coefficient (Wildman–Crippen LogP) is 3.84. The third kappa shape index (κ3) is 1.82. The molecule has 2 aromatic carbocycles. The van der Waals surface area contributed by atoms with E-state index in [1.54, 1.807) is 0 Å². The van der Waals surface area contributed by atoms with E-state index in [1.807, 2.05) is 13.8 Å². The third-order valence-corrected chi connectivity index (χ3v) is 5.57. The molecule has 0 bridgehead atoms. The van der Waals surface area contributed by atoms with Crippen LogP contribution in [0.3, 0.4) is 0 Å². The van der Waals surface area contributed by atoms with Crippen molar-refractivity contribution >= 4 is 32.9 Å². The van der Waals surface area contributed by atoms with Gasteiger partial charge in [-0.25, -0.2) is 4.79 Å². The first-order valence-corrected chi connectivity index (χ1v) is 8.12. The minimum atomic E-state index is -0.884. The second-order valence-corrected chi connectivity index (χ2v) is 6.99. The van der Waals surface area contributed by atoms with Crippen LogP contribution < -0.4 is 0 Å². The molecule has 1 saturated heterocycles. The molecule has 4 nitrogen and oxygen atoms in total. The summed E-state index contributed by atoms with van der Waals surface area (Å²) < 4.78 is 10.4. The summed E-state index contributed by atoms with van der Waals surface area (Å²) in [4.78, 5) is 11.3. The maximum absolute atomic E-state index is 11.5. The first-order valence-electron chi connectivity index (χ1n) is 7.20. The summed E-state index contributed by atoms with van der Waals surface area (Å²) in [7, 11) is 0. The molecule has 0 spiro atoms. The number of rotatable bonds is 0. The molecule has 4 atom stereocenters. The van der Waals surface area contributed by atoms with E-state index in [4.69, 9.17) is 9.47 Å². The standard InChI is InChI=1S/C17H15BrO4/c1-7-3-4-9-8(2)6-11-12(10(9)5-7)14(19)16-15(13(11)18)21-17(20)22-16/h3-6,13-16,19H,1-2H3/t13-,14+,15+,16-/m0/s1. The highest BCUT2D eigenvalue weighted by atomic mass is 79.9. The Balaban J connectivity index is 2.02. The molecule has 1 N–H and O–H groups in total. The zero-order valence-corrected chi connectivity index (χ0v) is 13.8. The van der Waals surface area contributed by atoms with Gasteiger partial charge in [-0.15, -0.1) is 0 Å². The van der Waals surface area contributed by atoms with E-state index < -0.39 is 24.5 Å². The Hall–Kier alpha value is -1.59. The number of aryl methyl sites for hydroxylation is 2. The Morgan fingerprint density at radius 3 is 2.59 bits per heavy atom. The van der Waals surface area contributed by atoms with Gasteiger partial charge < -0.3 is 14.6 Å². The lowest BCUT2D eigenvalue weighted by molar-refractivity contribution is 0.00432. The lowest BCUT2D eigenvalue weighted by Gasteiger charge is -2.34. The van der Waals surface area contributed by atoms with Crippen LogP contribution >= 0.6 is 15.9 Å². The number of benzene rings is 2. The van der Waals surface area contributed by atoms with Crippen LogP contribution in [-0.2, 0) is 9.47 Å². The average molecular weight is 363 g/mol. The number of hydrogen-bond acceptors (Lipinski definition) is 4. The molecule has 0 radical (unpaired) electrons. The Labute approximate surface area is 136 Å². The molecule has 1 heterocycles. The van der Waals surface area contributed by atoms with Gasteiger partial charge >= 0.3 is 6.16 Å². The topological polar surface area (TPSA) is 55.8 Å². The van der Waals surface area contributed by atoms with E-state index >= 15 is 0 Å². The third-order valence-electron chi connectivity index (χ3n) is 4.55. The molecule has 2 aliphatic rings. The molecule has 114 valence electrons. The van der Waals surface area contributed by atoms with Crippen LogP contribution in [0.1, 0.15) is 33.2 Å². The summed E-state index contributed by atoms with van der Waals surface area (Å²) in [5.41, 5.74) is 4.04. The number of aliphatic hydroxyl groups is 1. The van der Waals surface area contributed by atoms with Gasteiger partial charge in [0.2, 0.25) is 0 Å². The molecule has 4 rings (SSSR count). The van der Waals surface area contributed by atoms with Crippen molar-refractivity contribution in [2.75, 3.05) is 0 Å². The van der Waals surface area contributed by atoms with E-state index in [2.05, 4.69) is 40.2 Å². The summed E-state index contributed by atoms with van der Waals surface area (Å²) in [6, 6.07) is 8.25. The number of fused-ring (bicyclic) bond motifs is 4. The summed E-state index contributed by atoms with van der Waals surface area (Å²) in [5, 5.41) is 12.9. The van der Waals surface area contributed by atoms with Gasteiger partial charge in [0.15, 0.2) is 12.2 Å². The summed E-state index contributed by atoms with van der Waals surface area (Å²) in [6.45, 7) is 4.07. The van der Waals surface area contributed by atoms with Gasteiger partial charge in [-0.2, -0.15) is 0 Å². The lowest BCUT2D eigenvalue weighted by atomic mass is 9.81. The van der Waals surface area contributed by atoms with E-state index in [9.17, 15) is 9.90 Å². The number of halogens is 1. The highest BCUT2D eigenvalue weighted by Gasteiger charge is 2.51. The first kappa shape index (κ1) is 14.0. The van der Waals surface area contributed by atoms with E-state index in [0.29, 0.717) is 0 Å². The van der Waals surface area contributed by atoms with E-state index in [1.165, 1.54) is 0 Å². The Kier molecular flexibility index (Phi) is 3.00. The molecule has 0 amide bonds. The smallest absolute Gasteiger partial charge is 0.425 e. The number of carbonyl (C=O) groups excluding carboxylic acids is 1. The van der Waals surface area contributed by atoms with Gasteiger partial charge in [-0.1, -0.05) is 45.8 Å². The average Bonchev–Trinajstić information content (AvgIpc) is 2.86. The fraction of sp³-hybridized carbons (Fsp3) is 0.353. The number of carbonyl (C=O) groups is 1. The predicted molar refractivity (Wildman–Crippen MR) is 85.2 cm³/mol. The minimum Gasteiger partial charge on any atom is -0.425 e. The van der Waals surface area contributed by atoms with Crippen molar-refractivity contribution in [2.45, 2.75) is 37.0 Å². The van der Waals surface area contributed by atoms with E-state index in [0.717, 1.165) is 33.0 Å². The van der Waals surface area contributed by atoms with Gasteiger partial charge in [0.25, 0.3) is 0 Å². The van der Waals surface area contributed by atoms with Crippen LogP contribution in [0.25, 0.3) is 10.8 Å². The van der Waals surface area contributed by atoms with Crippen LogP contribution in [0.15, 0.2) is 24.3 Å². The SMILES string of the molecule is Cc1ccc2c(C)cc3c(c2c1)[C@@H](O)[C@@H]1OC(=O)O[C@@H]1[C@H]3Br. The molecular weight excluding hydrogens is 348 g/mol. The molecule has 0 saturated carbocycles. The number of ether oxygens (including phenoxy) is 2. The fourth-order valence-electron chi connectivity index (χ4n) is 3.52. The van der Waals surface area contributed by atoms with Crippen molar-refractivity contribution in [1.82, 2.24) is 0 Å². The van der Waals surface area contributed by atoms with Crippen LogP contribution in [0.5, 0.6) is 0 Å². The molecule has 22 heavy (non-hydrogen) atoms. The normalized spacial score (nSPS) is 29.7. The van der Waals surface area contributed by atoms with Crippen LogP contribution in [0, 0.1) is 13.8 Å². The zero-order valence-electron chi connectivity index (χ0n) is 12.2. The van der Waals surface area contributed by atoms with Crippen molar-refractivity contribution in [3.8, 4) is 0 Å². The maximum Gasteiger partial charge on any atom is 0.509 e. The molecule has 1 fully saturated rings. The quantitative estimate of drug-likeness (QED) is 0.571. The van der Waals surface area contributed by atoms with Crippen LogP contribution in [-0.4, -0.2) is 23.5 Å². The molecular formula is C17H15BrO4. The van der Waals surface area contributed by atoms with Crippen LogP contribution in [0.4, 0.5) is 4.79 Å². The van der Waals surface area contributed by atoms with E-state index in [-0.39, 0.29) is 4.83 Å². The van der Waals surface area contributed by atoms with Gasteiger partial charge in [0, 0.05) is 0 Å². The summed E-state index contributed by atoms with van der Waals surface area (Å²) >= 11 is 3.62. The summed E-state index contributed by atoms with van der Waals surface area (Å²) in [5.74, 6) is 0. The highest BCUT2D eigenvalue weighted by molar-refractivity contribution is 9.09. The minimum absolute atomic E-state index is 0.189. The number of aliphatic hydroxyl groups excluding tert-OH is 1. The van der Waals surface area contributed by atoms with Crippen molar-refractivity contribution in [3.05, 3.63) is 46.5 Å². The maximum atomic E-state index is 11.5. The van der Waals surface area contributed by atoms with Crippen molar-refractivity contribution < 1.29 is 19.4 Å². The number of alkyl halides is 1. The fourth-order valence-corrected chi connectivity index (χ4v) is 4.31. The lowest BCUT2D eigenvalue weighted by Crippen LogP contribution is -2.37. The Morgan fingerprint density at radius 2 is 1.82 bits per heavy atom. The van der Waals surface area contributed by atoms with Crippen molar-refractivity contribution in [2.24, 2.45) is 0 Å². The largest absolute Gasteiger partial charge is 0.509 e. The summed E-state index contributed by atoms with van der Waals surface area (Å²) in [6.07, 6.45) is -2.78. The second kappa shape index (κ2) is 4.70. The van der Waals surface area contributed by atoms with Gasteiger partial charge in [0.05, 0.1) is 4.83 Å². The van der Waals surface area contributed by atoms with Crippen molar-refractivity contribution in [1.29, 1.82) is 0 Å². The van der Waals surface area contributed by atoms with Gasteiger partial charge in [-0.05, 0) is 41.3 Å². The van der Waals surface area contributed by atoms with Crippen LogP contribution in [0.2, 0.25) is 0 Å². The van der Waals surface area contributed by atoms with Gasteiger partial charge in [0.1, 0.15) is 6.10 Å². The van der Waals surface area contributed by atoms with Gasteiger partial charge in [-0.3, -0.25) is 0 Å². The highest BCUT2D eigenvalue weighted by Crippen LogP contribution is 2.49. The molecule has 5 heteroatoms. The zero-order chi connectivity index (χ0) is 15.6. The molecule has 0 aromatic heterocycles. The molecule has 2 aromatic rings. The first-order chi connectivity index (χ1) is 10.5. The van der Waals surface area contributed by atoms with Crippen molar-refractivity contribution in [3.63, 3.8) is 0 Å². The second-order valence-electron chi connectivity index (χ2n) is 6.01. The Bertz CT molecular complexity index is 801. The Morgan fingerprint density at radius 1 is 1.09 bits per heavy atom.